The van der Waals surface area contributed by atoms with Gasteiger partial charge in [0.15, 0.2) is 0 Å². The fourth-order valence-electron chi connectivity index (χ4n) is 1.68. The molecule has 0 unspecified atom stereocenters. The van der Waals surface area contributed by atoms with Crippen LogP contribution >= 0.6 is 0 Å². The molecule has 2 heterocycles. The standard InChI is InChI=1S/C11H12N2O2/c1-3-13-6-8(11(14)15)10-9(13)5-4-7(2)12-10/h4-6H,3H2,1-2H3,(H,14,15). The fraction of sp³-hybridized carbons (Fsp3) is 0.273. The number of hydrogen-bond acceptors (Lipinski definition) is 2. The maximum absolute atomic E-state index is 11.0. The predicted octanol–water partition coefficient (Wildman–Crippen LogP) is 2.06. The van der Waals surface area contributed by atoms with Gasteiger partial charge in [-0.15, -0.1) is 0 Å². The van der Waals surface area contributed by atoms with Crippen molar-refractivity contribution in [2.75, 3.05) is 0 Å². The molecule has 0 saturated carbocycles. The Labute approximate surface area is 87.2 Å². The van der Waals surface area contributed by atoms with E-state index < -0.39 is 5.97 Å². The molecule has 4 heteroatoms. The van der Waals surface area contributed by atoms with E-state index in [-0.39, 0.29) is 5.56 Å². The van der Waals surface area contributed by atoms with Gasteiger partial charge < -0.3 is 9.67 Å². The van der Waals surface area contributed by atoms with Gasteiger partial charge in [0.25, 0.3) is 0 Å². The average molecular weight is 204 g/mol. The summed E-state index contributed by atoms with van der Waals surface area (Å²) in [5.41, 5.74) is 2.55. The SMILES string of the molecule is CCn1cc(C(=O)O)c2nc(C)ccc21. The van der Waals surface area contributed by atoms with Crippen LogP contribution in [0.4, 0.5) is 0 Å². The summed E-state index contributed by atoms with van der Waals surface area (Å²) in [4.78, 5) is 15.3. The van der Waals surface area contributed by atoms with Gasteiger partial charge >= 0.3 is 5.97 Å². The molecule has 0 fully saturated rings. The van der Waals surface area contributed by atoms with E-state index in [1.165, 1.54) is 0 Å². The van der Waals surface area contributed by atoms with Gasteiger partial charge in [-0.25, -0.2) is 4.79 Å². The zero-order valence-corrected chi connectivity index (χ0v) is 8.69. The van der Waals surface area contributed by atoms with E-state index in [2.05, 4.69) is 4.98 Å². The highest BCUT2D eigenvalue weighted by molar-refractivity contribution is 6.01. The predicted molar refractivity (Wildman–Crippen MR) is 57.1 cm³/mol. The van der Waals surface area contributed by atoms with Crippen LogP contribution in [0.3, 0.4) is 0 Å². The van der Waals surface area contributed by atoms with E-state index in [4.69, 9.17) is 5.11 Å². The first-order chi connectivity index (χ1) is 7.13. The molecule has 0 radical (unpaired) electrons. The second kappa shape index (κ2) is 3.38. The van der Waals surface area contributed by atoms with Gasteiger partial charge in [-0.2, -0.15) is 0 Å². The first kappa shape index (κ1) is 9.71. The third-order valence-electron chi connectivity index (χ3n) is 2.43. The highest BCUT2D eigenvalue weighted by Gasteiger charge is 2.14. The van der Waals surface area contributed by atoms with Crippen LogP contribution in [0, 0.1) is 6.92 Å². The van der Waals surface area contributed by atoms with E-state index in [0.29, 0.717) is 5.52 Å². The van der Waals surface area contributed by atoms with Crippen molar-refractivity contribution in [3.63, 3.8) is 0 Å². The van der Waals surface area contributed by atoms with Crippen molar-refractivity contribution >= 4 is 17.0 Å². The van der Waals surface area contributed by atoms with E-state index >= 15 is 0 Å². The summed E-state index contributed by atoms with van der Waals surface area (Å²) >= 11 is 0. The molecular formula is C11H12N2O2. The molecule has 0 saturated heterocycles. The van der Waals surface area contributed by atoms with Crippen LogP contribution in [0.15, 0.2) is 18.3 Å². The zero-order chi connectivity index (χ0) is 11.0. The number of rotatable bonds is 2. The third-order valence-corrected chi connectivity index (χ3v) is 2.43. The number of aryl methyl sites for hydroxylation is 2. The Balaban J connectivity index is 2.81. The second-order valence-electron chi connectivity index (χ2n) is 3.45. The zero-order valence-electron chi connectivity index (χ0n) is 8.69. The molecule has 4 nitrogen and oxygen atoms in total. The topological polar surface area (TPSA) is 55.1 Å². The Kier molecular flexibility index (Phi) is 2.19. The number of carbonyl (C=O) groups is 1. The third kappa shape index (κ3) is 1.48. The lowest BCUT2D eigenvalue weighted by molar-refractivity contribution is 0.0698. The number of hydrogen-bond donors (Lipinski definition) is 1. The molecule has 0 atom stereocenters. The highest BCUT2D eigenvalue weighted by Crippen LogP contribution is 2.19. The molecule has 15 heavy (non-hydrogen) atoms. The second-order valence-corrected chi connectivity index (χ2v) is 3.45. The van der Waals surface area contributed by atoms with Crippen molar-refractivity contribution in [3.05, 3.63) is 29.6 Å². The van der Waals surface area contributed by atoms with Gasteiger partial charge in [0.05, 0.1) is 5.52 Å². The van der Waals surface area contributed by atoms with E-state index in [0.717, 1.165) is 17.8 Å². The molecule has 0 aliphatic heterocycles. The number of fused-ring (bicyclic) bond motifs is 1. The maximum atomic E-state index is 11.0. The lowest BCUT2D eigenvalue weighted by atomic mass is 10.2. The van der Waals surface area contributed by atoms with Crippen LogP contribution in [0.5, 0.6) is 0 Å². The normalized spacial score (nSPS) is 10.8. The van der Waals surface area contributed by atoms with Crippen molar-refractivity contribution in [1.82, 2.24) is 9.55 Å². The molecule has 0 aromatic carbocycles. The molecular weight excluding hydrogens is 192 g/mol. The van der Waals surface area contributed by atoms with Crippen molar-refractivity contribution < 1.29 is 9.90 Å². The van der Waals surface area contributed by atoms with Gasteiger partial charge in [-0.05, 0) is 26.0 Å². The molecule has 0 aliphatic carbocycles. The Morgan fingerprint density at radius 1 is 1.53 bits per heavy atom. The number of pyridine rings is 1. The van der Waals surface area contributed by atoms with Gasteiger partial charge in [0.1, 0.15) is 11.1 Å². The Morgan fingerprint density at radius 3 is 2.87 bits per heavy atom. The lowest BCUT2D eigenvalue weighted by Gasteiger charge is -1.99. The van der Waals surface area contributed by atoms with Crippen LogP contribution in [-0.2, 0) is 6.54 Å². The number of aromatic nitrogens is 2. The quantitative estimate of drug-likeness (QED) is 0.814. The van der Waals surface area contributed by atoms with Gasteiger partial charge in [-0.1, -0.05) is 0 Å². The van der Waals surface area contributed by atoms with Crippen LogP contribution < -0.4 is 0 Å². The van der Waals surface area contributed by atoms with Crippen molar-refractivity contribution in [3.8, 4) is 0 Å². The lowest BCUT2D eigenvalue weighted by Crippen LogP contribution is -1.95. The molecule has 2 rings (SSSR count). The summed E-state index contributed by atoms with van der Waals surface area (Å²) in [6, 6.07) is 3.80. The largest absolute Gasteiger partial charge is 0.478 e. The molecule has 0 bridgehead atoms. The van der Waals surface area contributed by atoms with Crippen molar-refractivity contribution in [1.29, 1.82) is 0 Å². The van der Waals surface area contributed by atoms with Crippen LogP contribution in [-0.4, -0.2) is 20.6 Å². The maximum Gasteiger partial charge on any atom is 0.339 e. The number of carboxylic acids is 1. The molecule has 0 aliphatic rings. The van der Waals surface area contributed by atoms with Gasteiger partial charge in [0, 0.05) is 18.4 Å². The average Bonchev–Trinajstić information content (AvgIpc) is 2.55. The van der Waals surface area contributed by atoms with Crippen LogP contribution in [0.25, 0.3) is 11.0 Å². The van der Waals surface area contributed by atoms with Gasteiger partial charge in [-0.3, -0.25) is 4.98 Å². The Morgan fingerprint density at radius 2 is 2.27 bits per heavy atom. The van der Waals surface area contributed by atoms with Crippen LogP contribution in [0.2, 0.25) is 0 Å². The van der Waals surface area contributed by atoms with Crippen molar-refractivity contribution in [2.24, 2.45) is 0 Å². The summed E-state index contributed by atoms with van der Waals surface area (Å²) in [7, 11) is 0. The molecule has 2 aromatic heterocycles. The first-order valence-electron chi connectivity index (χ1n) is 4.83. The smallest absolute Gasteiger partial charge is 0.339 e. The minimum absolute atomic E-state index is 0.274. The molecule has 0 spiro atoms. The molecule has 78 valence electrons. The summed E-state index contributed by atoms with van der Waals surface area (Å²) in [6.45, 7) is 4.58. The number of carboxylic acid groups (broad SMARTS) is 1. The summed E-state index contributed by atoms with van der Waals surface area (Å²) < 4.78 is 1.89. The molecule has 0 amide bonds. The Bertz CT molecular complexity index is 529. The summed E-state index contributed by atoms with van der Waals surface area (Å²) in [6.07, 6.45) is 1.64. The van der Waals surface area contributed by atoms with Crippen molar-refractivity contribution in [2.45, 2.75) is 20.4 Å². The fourth-order valence-corrected chi connectivity index (χ4v) is 1.68. The minimum Gasteiger partial charge on any atom is -0.478 e. The first-order valence-corrected chi connectivity index (χ1v) is 4.83. The van der Waals surface area contributed by atoms with E-state index in [1.807, 2.05) is 30.5 Å². The minimum atomic E-state index is -0.926. The highest BCUT2D eigenvalue weighted by atomic mass is 16.4. The van der Waals surface area contributed by atoms with Crippen LogP contribution in [0.1, 0.15) is 23.0 Å². The number of nitrogens with zero attached hydrogens (tertiary/aromatic N) is 2. The summed E-state index contributed by atoms with van der Waals surface area (Å²) in [5.74, 6) is -0.926. The van der Waals surface area contributed by atoms with E-state index in [1.54, 1.807) is 6.20 Å². The van der Waals surface area contributed by atoms with Gasteiger partial charge in [0.2, 0.25) is 0 Å². The molecule has 1 N–H and O–H groups in total. The Hall–Kier alpha value is -1.84. The number of aromatic carboxylic acids is 1. The summed E-state index contributed by atoms with van der Waals surface area (Å²) in [5, 5.41) is 9.03. The monoisotopic (exact) mass is 204 g/mol. The molecule has 2 aromatic rings. The van der Waals surface area contributed by atoms with E-state index in [9.17, 15) is 4.79 Å².